The number of carbonyl (C=O) groups excluding carboxylic acids is 1. The maximum atomic E-state index is 12.5. The standard InChI is InChI=1S/C21H22ClN3O3S/c22-19-7-4-3-6-16(19)9-14-21(26)24-17-10-12-18(13-11-17)29(27,28)25-20-8-2-1-5-15-23-20/h3-4,6-7,9-14H,1-2,5,8,15H2,(H,23,25)(H,24,26). The normalized spacial score (nSPS) is 14.9. The molecule has 0 unspecified atom stereocenters. The molecule has 0 bridgehead atoms. The van der Waals surface area contributed by atoms with E-state index in [1.807, 2.05) is 12.1 Å². The summed E-state index contributed by atoms with van der Waals surface area (Å²) in [5, 5.41) is 3.24. The van der Waals surface area contributed by atoms with Gasteiger partial charge in [-0.1, -0.05) is 36.2 Å². The minimum absolute atomic E-state index is 0.119. The van der Waals surface area contributed by atoms with Crippen LogP contribution in [0.5, 0.6) is 0 Å². The Bertz CT molecular complexity index is 1030. The van der Waals surface area contributed by atoms with Crippen molar-refractivity contribution in [2.24, 2.45) is 4.99 Å². The molecule has 0 aliphatic carbocycles. The quantitative estimate of drug-likeness (QED) is 0.694. The van der Waals surface area contributed by atoms with Gasteiger partial charge in [-0.05, 0) is 54.8 Å². The van der Waals surface area contributed by atoms with Gasteiger partial charge >= 0.3 is 0 Å². The van der Waals surface area contributed by atoms with Crippen LogP contribution in [-0.2, 0) is 14.8 Å². The van der Waals surface area contributed by atoms with Crippen molar-refractivity contribution in [1.82, 2.24) is 4.72 Å². The summed E-state index contributed by atoms with van der Waals surface area (Å²) in [6.07, 6.45) is 6.57. The Kier molecular flexibility index (Phi) is 7.06. The number of anilines is 1. The van der Waals surface area contributed by atoms with Crippen molar-refractivity contribution in [3.05, 3.63) is 65.2 Å². The van der Waals surface area contributed by atoms with Gasteiger partial charge in [0.15, 0.2) is 0 Å². The summed E-state index contributed by atoms with van der Waals surface area (Å²) in [5.41, 5.74) is 1.22. The van der Waals surface area contributed by atoms with Crippen LogP contribution in [-0.4, -0.2) is 26.7 Å². The summed E-state index contributed by atoms with van der Waals surface area (Å²) in [6, 6.07) is 13.2. The van der Waals surface area contributed by atoms with Crippen LogP contribution >= 0.6 is 11.6 Å². The van der Waals surface area contributed by atoms with Gasteiger partial charge in [-0.15, -0.1) is 0 Å². The van der Waals surface area contributed by atoms with E-state index in [9.17, 15) is 13.2 Å². The van der Waals surface area contributed by atoms with Gasteiger partial charge in [-0.25, -0.2) is 8.42 Å². The van der Waals surface area contributed by atoms with Crippen LogP contribution in [0.25, 0.3) is 6.08 Å². The van der Waals surface area contributed by atoms with E-state index >= 15 is 0 Å². The number of halogens is 1. The van der Waals surface area contributed by atoms with Crippen LogP contribution < -0.4 is 10.0 Å². The number of carbonyl (C=O) groups is 1. The van der Waals surface area contributed by atoms with Gasteiger partial charge in [-0.2, -0.15) is 0 Å². The number of hydrogen-bond acceptors (Lipinski definition) is 4. The monoisotopic (exact) mass is 431 g/mol. The summed E-state index contributed by atoms with van der Waals surface area (Å²) in [7, 11) is -3.69. The summed E-state index contributed by atoms with van der Waals surface area (Å²) < 4.78 is 27.6. The van der Waals surface area contributed by atoms with Gasteiger partial charge in [0.2, 0.25) is 5.91 Å². The van der Waals surface area contributed by atoms with Crippen molar-refractivity contribution in [2.45, 2.75) is 30.6 Å². The average Bonchev–Trinajstić information content (AvgIpc) is 2.96. The molecule has 1 amide bonds. The number of aliphatic imine (C=N–C) groups is 1. The molecule has 2 aromatic rings. The molecule has 1 aliphatic rings. The zero-order valence-corrected chi connectivity index (χ0v) is 17.3. The third-order valence-corrected chi connectivity index (χ3v) is 6.12. The maximum Gasteiger partial charge on any atom is 0.262 e. The first kappa shape index (κ1) is 21.1. The lowest BCUT2D eigenvalue weighted by Gasteiger charge is -2.10. The van der Waals surface area contributed by atoms with E-state index in [1.165, 1.54) is 18.2 Å². The molecule has 6 nitrogen and oxygen atoms in total. The predicted molar refractivity (Wildman–Crippen MR) is 117 cm³/mol. The fourth-order valence-electron chi connectivity index (χ4n) is 2.85. The van der Waals surface area contributed by atoms with Crippen LogP contribution in [0.3, 0.4) is 0 Å². The molecule has 152 valence electrons. The third-order valence-electron chi connectivity index (χ3n) is 4.38. The molecule has 3 rings (SSSR count). The molecule has 0 spiro atoms. The molecule has 1 aliphatic heterocycles. The van der Waals surface area contributed by atoms with Crippen LogP contribution in [0.1, 0.15) is 31.2 Å². The Morgan fingerprint density at radius 1 is 1.03 bits per heavy atom. The van der Waals surface area contributed by atoms with E-state index in [1.54, 1.807) is 30.3 Å². The maximum absolute atomic E-state index is 12.5. The summed E-state index contributed by atoms with van der Waals surface area (Å²) >= 11 is 6.05. The van der Waals surface area contributed by atoms with E-state index < -0.39 is 10.0 Å². The van der Waals surface area contributed by atoms with Gasteiger partial charge in [0.05, 0.1) is 4.90 Å². The highest BCUT2D eigenvalue weighted by molar-refractivity contribution is 7.90. The first-order valence-electron chi connectivity index (χ1n) is 9.34. The molecule has 1 heterocycles. The highest BCUT2D eigenvalue weighted by Crippen LogP contribution is 2.17. The lowest BCUT2D eigenvalue weighted by atomic mass is 10.2. The molecule has 29 heavy (non-hydrogen) atoms. The van der Waals surface area contributed by atoms with Crippen molar-refractivity contribution in [3.8, 4) is 0 Å². The highest BCUT2D eigenvalue weighted by Gasteiger charge is 2.17. The Morgan fingerprint density at radius 2 is 1.79 bits per heavy atom. The van der Waals surface area contributed by atoms with Crippen molar-refractivity contribution >= 4 is 45.1 Å². The molecule has 2 N–H and O–H groups in total. The van der Waals surface area contributed by atoms with Crippen LogP contribution in [0.2, 0.25) is 5.02 Å². The van der Waals surface area contributed by atoms with Gasteiger partial charge in [0, 0.05) is 29.8 Å². The molecular weight excluding hydrogens is 410 g/mol. The summed E-state index contributed by atoms with van der Waals surface area (Å²) in [6.45, 7) is 0.643. The third kappa shape index (κ3) is 6.17. The predicted octanol–water partition coefficient (Wildman–Crippen LogP) is 4.24. The van der Waals surface area contributed by atoms with Crippen molar-refractivity contribution in [1.29, 1.82) is 0 Å². The molecule has 0 fully saturated rings. The van der Waals surface area contributed by atoms with E-state index in [-0.39, 0.29) is 10.8 Å². The minimum atomic E-state index is -3.69. The number of nitrogens with zero attached hydrogens (tertiary/aromatic N) is 1. The molecule has 2 aromatic carbocycles. The smallest absolute Gasteiger partial charge is 0.262 e. The number of benzene rings is 2. The number of hydrogen-bond donors (Lipinski definition) is 2. The van der Waals surface area contributed by atoms with Crippen molar-refractivity contribution < 1.29 is 13.2 Å². The molecule has 0 saturated heterocycles. The Labute approximate surface area is 175 Å². The second kappa shape index (κ2) is 9.71. The number of amides is 1. The van der Waals surface area contributed by atoms with Gasteiger partial charge < -0.3 is 5.32 Å². The molecule has 0 saturated carbocycles. The van der Waals surface area contributed by atoms with E-state index in [4.69, 9.17) is 11.6 Å². The number of sulfonamides is 1. The van der Waals surface area contributed by atoms with Gasteiger partial charge in [0.1, 0.15) is 5.84 Å². The van der Waals surface area contributed by atoms with Crippen LogP contribution in [0.4, 0.5) is 5.69 Å². The van der Waals surface area contributed by atoms with Gasteiger partial charge in [-0.3, -0.25) is 14.5 Å². The Hall–Kier alpha value is -2.64. The van der Waals surface area contributed by atoms with E-state index in [0.29, 0.717) is 29.5 Å². The summed E-state index contributed by atoms with van der Waals surface area (Å²) in [4.78, 5) is 16.5. The van der Waals surface area contributed by atoms with E-state index in [0.717, 1.165) is 24.8 Å². The minimum Gasteiger partial charge on any atom is -0.323 e. The highest BCUT2D eigenvalue weighted by atomic mass is 35.5. The lowest BCUT2D eigenvalue weighted by Crippen LogP contribution is -2.30. The Balaban J connectivity index is 1.62. The van der Waals surface area contributed by atoms with Crippen molar-refractivity contribution in [2.75, 3.05) is 11.9 Å². The van der Waals surface area contributed by atoms with Crippen LogP contribution in [0, 0.1) is 0 Å². The number of amidine groups is 1. The SMILES string of the molecule is O=C(C=Cc1ccccc1Cl)Nc1ccc(S(=O)(=O)NC2=NCCCCC2)cc1. The molecular formula is C21H22ClN3O3S. The zero-order valence-electron chi connectivity index (χ0n) is 15.8. The fourth-order valence-corrected chi connectivity index (χ4v) is 4.14. The first-order chi connectivity index (χ1) is 13.9. The second-order valence-corrected chi connectivity index (χ2v) is 8.70. The number of nitrogens with one attached hydrogen (secondary N) is 2. The fraction of sp³-hybridized carbons (Fsp3) is 0.238. The average molecular weight is 432 g/mol. The molecule has 0 atom stereocenters. The van der Waals surface area contributed by atoms with E-state index in [2.05, 4.69) is 15.0 Å². The number of rotatable bonds is 5. The zero-order chi connectivity index (χ0) is 20.7. The van der Waals surface area contributed by atoms with Gasteiger partial charge in [0.25, 0.3) is 10.0 Å². The molecule has 0 radical (unpaired) electrons. The van der Waals surface area contributed by atoms with Crippen molar-refractivity contribution in [3.63, 3.8) is 0 Å². The lowest BCUT2D eigenvalue weighted by molar-refractivity contribution is -0.111. The summed E-state index contributed by atoms with van der Waals surface area (Å²) in [5.74, 6) is 0.163. The first-order valence-corrected chi connectivity index (χ1v) is 11.2. The Morgan fingerprint density at radius 3 is 2.55 bits per heavy atom. The van der Waals surface area contributed by atoms with Crippen LogP contribution in [0.15, 0.2) is 64.5 Å². The second-order valence-electron chi connectivity index (χ2n) is 6.61. The molecule has 8 heteroatoms. The largest absolute Gasteiger partial charge is 0.323 e. The topological polar surface area (TPSA) is 87.6 Å². The molecule has 0 aromatic heterocycles.